The molecule has 2 N–H and O–H groups in total. The molecular weight excluding hydrogens is 362 g/mol. The molecule has 1 aromatic carbocycles. The van der Waals surface area contributed by atoms with Crippen LogP contribution in [0.15, 0.2) is 34.6 Å². The number of guanidine groups is 1. The summed E-state index contributed by atoms with van der Waals surface area (Å²) in [6.07, 6.45) is 0. The molecule has 142 valence electrons. The van der Waals surface area contributed by atoms with Crippen molar-refractivity contribution in [1.82, 2.24) is 30.4 Å². The number of nitrogens with zero attached hydrogens (tertiary/aromatic N) is 5. The molecule has 27 heavy (non-hydrogen) atoms. The van der Waals surface area contributed by atoms with Gasteiger partial charge < -0.3 is 15.0 Å². The van der Waals surface area contributed by atoms with E-state index in [1.54, 1.807) is 25.5 Å². The van der Waals surface area contributed by atoms with Crippen molar-refractivity contribution in [2.24, 2.45) is 4.99 Å². The molecule has 2 heterocycles. The predicted octanol–water partition coefficient (Wildman–Crippen LogP) is 2.45. The summed E-state index contributed by atoms with van der Waals surface area (Å²) in [5.41, 5.74) is 1.96. The zero-order valence-electron chi connectivity index (χ0n) is 15.9. The van der Waals surface area contributed by atoms with Crippen LogP contribution in [-0.4, -0.2) is 52.2 Å². The second-order valence-corrected chi connectivity index (χ2v) is 7.01. The van der Waals surface area contributed by atoms with Gasteiger partial charge >= 0.3 is 0 Å². The summed E-state index contributed by atoms with van der Waals surface area (Å²) >= 11 is 1.65. The van der Waals surface area contributed by atoms with Gasteiger partial charge in [0.2, 0.25) is 0 Å². The number of methoxy groups -OCH3 is 1. The van der Waals surface area contributed by atoms with Gasteiger partial charge in [-0.05, 0) is 31.2 Å². The molecule has 0 bridgehead atoms. The number of aromatic nitrogens is 4. The van der Waals surface area contributed by atoms with E-state index in [2.05, 4.69) is 35.9 Å². The molecule has 0 aliphatic carbocycles. The molecule has 0 saturated heterocycles. The van der Waals surface area contributed by atoms with E-state index in [0.29, 0.717) is 18.9 Å². The van der Waals surface area contributed by atoms with Crippen molar-refractivity contribution < 1.29 is 4.74 Å². The Kier molecular flexibility index (Phi) is 6.02. The van der Waals surface area contributed by atoms with Crippen LogP contribution in [0.25, 0.3) is 11.4 Å². The average Bonchev–Trinajstić information content (AvgIpc) is 3.31. The van der Waals surface area contributed by atoms with E-state index in [-0.39, 0.29) is 0 Å². The Bertz CT molecular complexity index is 901. The minimum atomic E-state index is 0.496. The minimum absolute atomic E-state index is 0.496. The molecule has 0 radical (unpaired) electrons. The van der Waals surface area contributed by atoms with Gasteiger partial charge in [0.05, 0.1) is 30.9 Å². The fraction of sp³-hybridized carbons (Fsp3) is 0.333. The maximum Gasteiger partial charge on any atom is 0.194 e. The topological polar surface area (TPSA) is 91.3 Å². The molecule has 8 nitrogen and oxygen atoms in total. The Hall–Kier alpha value is -2.94. The lowest BCUT2D eigenvalue weighted by molar-refractivity contribution is 0.415. The fourth-order valence-corrected chi connectivity index (χ4v) is 3.19. The molecule has 0 spiro atoms. The van der Waals surface area contributed by atoms with E-state index < -0.39 is 0 Å². The maximum atomic E-state index is 5.17. The number of rotatable bonds is 6. The molecule has 3 aromatic rings. The fourth-order valence-electron chi connectivity index (χ4n) is 2.59. The number of thiazole rings is 1. The first kappa shape index (κ1) is 18.8. The number of aryl methyl sites for hydroxylation is 1. The van der Waals surface area contributed by atoms with Gasteiger partial charge in [-0.2, -0.15) is 5.10 Å². The predicted molar refractivity (Wildman–Crippen MR) is 107 cm³/mol. The van der Waals surface area contributed by atoms with Crippen LogP contribution in [0.4, 0.5) is 0 Å². The summed E-state index contributed by atoms with van der Waals surface area (Å²) in [6.45, 7) is 3.19. The third kappa shape index (κ3) is 4.82. The number of benzene rings is 1. The highest BCUT2D eigenvalue weighted by Crippen LogP contribution is 2.18. The van der Waals surface area contributed by atoms with Crippen LogP contribution in [0.5, 0.6) is 5.75 Å². The normalized spacial score (nSPS) is 11.5. The molecule has 2 aromatic heterocycles. The summed E-state index contributed by atoms with van der Waals surface area (Å²) in [5.74, 6) is 2.96. The van der Waals surface area contributed by atoms with Gasteiger partial charge in [0, 0.05) is 25.0 Å². The number of H-pyrrole nitrogens is 1. The van der Waals surface area contributed by atoms with Crippen molar-refractivity contribution in [2.45, 2.75) is 20.0 Å². The lowest BCUT2D eigenvalue weighted by Crippen LogP contribution is -2.38. The molecule has 9 heteroatoms. The van der Waals surface area contributed by atoms with Gasteiger partial charge in [0.1, 0.15) is 11.6 Å². The van der Waals surface area contributed by atoms with Crippen molar-refractivity contribution in [1.29, 1.82) is 0 Å². The molecule has 0 saturated carbocycles. The molecule has 0 amide bonds. The first-order chi connectivity index (χ1) is 13.1. The highest BCUT2D eigenvalue weighted by Gasteiger charge is 2.11. The van der Waals surface area contributed by atoms with Crippen LogP contribution < -0.4 is 10.1 Å². The van der Waals surface area contributed by atoms with Crippen molar-refractivity contribution >= 4 is 17.3 Å². The third-order valence-electron chi connectivity index (χ3n) is 3.93. The lowest BCUT2D eigenvalue weighted by atomic mass is 10.2. The van der Waals surface area contributed by atoms with Crippen molar-refractivity contribution in [3.63, 3.8) is 0 Å². The number of hydrogen-bond acceptors (Lipinski definition) is 6. The highest BCUT2D eigenvalue weighted by atomic mass is 32.1. The Morgan fingerprint density at radius 1 is 1.30 bits per heavy atom. The van der Waals surface area contributed by atoms with Crippen LogP contribution >= 0.6 is 11.3 Å². The van der Waals surface area contributed by atoms with Crippen molar-refractivity contribution in [2.75, 3.05) is 21.2 Å². The smallest absolute Gasteiger partial charge is 0.194 e. The Labute approximate surface area is 162 Å². The maximum absolute atomic E-state index is 5.17. The largest absolute Gasteiger partial charge is 0.497 e. The molecule has 0 atom stereocenters. The first-order valence-corrected chi connectivity index (χ1v) is 9.35. The third-order valence-corrected chi connectivity index (χ3v) is 4.76. The number of hydrogen-bond donors (Lipinski definition) is 2. The summed E-state index contributed by atoms with van der Waals surface area (Å²) < 4.78 is 5.17. The number of nitrogens with one attached hydrogen (secondary N) is 2. The average molecular weight is 385 g/mol. The van der Waals surface area contributed by atoms with E-state index in [1.165, 1.54) is 0 Å². The van der Waals surface area contributed by atoms with E-state index in [4.69, 9.17) is 4.74 Å². The Balaban J connectivity index is 1.59. The summed E-state index contributed by atoms with van der Waals surface area (Å²) in [6, 6.07) is 7.64. The first-order valence-electron chi connectivity index (χ1n) is 8.47. The monoisotopic (exact) mass is 385 g/mol. The number of aliphatic imine (C=N–C) groups is 1. The van der Waals surface area contributed by atoms with Crippen molar-refractivity contribution in [3.05, 3.63) is 46.2 Å². The molecule has 0 unspecified atom stereocenters. The molecule has 0 aliphatic rings. The number of aromatic amines is 1. The zero-order valence-corrected chi connectivity index (χ0v) is 16.7. The summed E-state index contributed by atoms with van der Waals surface area (Å²) in [5, 5.41) is 13.7. The van der Waals surface area contributed by atoms with Gasteiger partial charge in [-0.1, -0.05) is 0 Å². The van der Waals surface area contributed by atoms with Crippen LogP contribution in [0.3, 0.4) is 0 Å². The Morgan fingerprint density at radius 3 is 2.70 bits per heavy atom. The summed E-state index contributed by atoms with van der Waals surface area (Å²) in [7, 11) is 5.38. The second kappa shape index (κ2) is 8.63. The molecular formula is C18H23N7OS. The van der Waals surface area contributed by atoms with E-state index in [9.17, 15) is 0 Å². The quantitative estimate of drug-likeness (QED) is 0.500. The summed E-state index contributed by atoms with van der Waals surface area (Å²) in [4.78, 5) is 15.4. The lowest BCUT2D eigenvalue weighted by Gasteiger charge is -2.20. The van der Waals surface area contributed by atoms with Crippen molar-refractivity contribution in [3.8, 4) is 17.1 Å². The van der Waals surface area contributed by atoms with E-state index in [1.807, 2.05) is 43.1 Å². The zero-order chi connectivity index (χ0) is 19.2. The standard InChI is InChI=1S/C18H23N7OS/c1-12-21-14(11-27-12)10-25(3)18(19-2)20-9-16-22-17(24-23-16)13-5-7-15(26-4)8-6-13/h5-8,11H,9-10H2,1-4H3,(H,19,20)(H,22,23,24). The molecule has 0 fully saturated rings. The van der Waals surface area contributed by atoms with Gasteiger partial charge in [-0.25, -0.2) is 9.97 Å². The van der Waals surface area contributed by atoms with Gasteiger partial charge in [-0.3, -0.25) is 10.1 Å². The molecule has 3 rings (SSSR count). The van der Waals surface area contributed by atoms with Gasteiger partial charge in [0.15, 0.2) is 11.8 Å². The Morgan fingerprint density at radius 2 is 2.07 bits per heavy atom. The second-order valence-electron chi connectivity index (χ2n) is 5.95. The number of ether oxygens (including phenoxy) is 1. The van der Waals surface area contributed by atoms with Crippen LogP contribution in [-0.2, 0) is 13.1 Å². The van der Waals surface area contributed by atoms with Crippen LogP contribution in [0.1, 0.15) is 16.5 Å². The van der Waals surface area contributed by atoms with Gasteiger partial charge in [-0.15, -0.1) is 11.3 Å². The van der Waals surface area contributed by atoms with Gasteiger partial charge in [0.25, 0.3) is 0 Å². The SMILES string of the molecule is CN=C(NCc1nc(-c2ccc(OC)cc2)n[nH]1)N(C)Cc1csc(C)n1. The molecule has 0 aliphatic heterocycles. The minimum Gasteiger partial charge on any atom is -0.497 e. The van der Waals surface area contributed by atoms with Crippen LogP contribution in [0.2, 0.25) is 0 Å². The van der Waals surface area contributed by atoms with E-state index >= 15 is 0 Å². The highest BCUT2D eigenvalue weighted by molar-refractivity contribution is 7.09. The van der Waals surface area contributed by atoms with Crippen LogP contribution in [0, 0.1) is 6.92 Å². The van der Waals surface area contributed by atoms with E-state index in [0.717, 1.165) is 33.8 Å².